The molecule has 0 aliphatic carbocycles. The van der Waals surface area contributed by atoms with Gasteiger partial charge in [-0.25, -0.2) is 4.39 Å². The Balaban J connectivity index is 1.62. The van der Waals surface area contributed by atoms with Crippen molar-refractivity contribution in [3.05, 3.63) is 57.8 Å². The summed E-state index contributed by atoms with van der Waals surface area (Å²) in [5.74, 6) is -1.13. The lowest BCUT2D eigenvalue weighted by Crippen LogP contribution is -2.41. The number of hydrogen-bond donors (Lipinski definition) is 1. The molecule has 1 aromatic heterocycles. The summed E-state index contributed by atoms with van der Waals surface area (Å²) in [4.78, 5) is 17.3. The number of hydrogen-bond acceptors (Lipinski definition) is 3. The van der Waals surface area contributed by atoms with Crippen molar-refractivity contribution in [2.75, 3.05) is 5.32 Å². The predicted molar refractivity (Wildman–Crippen MR) is 98.5 cm³/mol. The van der Waals surface area contributed by atoms with Crippen molar-refractivity contribution in [1.82, 2.24) is 4.98 Å². The van der Waals surface area contributed by atoms with Crippen LogP contribution >= 0.6 is 23.2 Å². The van der Waals surface area contributed by atoms with Gasteiger partial charge < -0.3 is 10.1 Å². The number of alkyl halides is 1. The molecule has 2 aromatic rings. The maximum Gasteiger partial charge on any atom is 0.230 e. The second-order valence-corrected chi connectivity index (χ2v) is 7.61. The lowest BCUT2D eigenvalue weighted by Gasteiger charge is -2.29. The van der Waals surface area contributed by atoms with Crippen LogP contribution in [-0.2, 0) is 9.53 Å². The third-order valence-electron chi connectivity index (χ3n) is 5.10. The van der Waals surface area contributed by atoms with Crippen molar-refractivity contribution < 1.29 is 13.9 Å². The molecule has 136 valence electrons. The van der Waals surface area contributed by atoms with Gasteiger partial charge in [0, 0.05) is 29.9 Å². The third-order valence-corrected chi connectivity index (χ3v) is 5.84. The van der Waals surface area contributed by atoms with Crippen LogP contribution in [0, 0.1) is 12.8 Å². The summed E-state index contributed by atoms with van der Waals surface area (Å²) in [7, 11) is 0. The summed E-state index contributed by atoms with van der Waals surface area (Å²) in [6, 6.07) is 8.67. The Morgan fingerprint density at radius 2 is 2.08 bits per heavy atom. The van der Waals surface area contributed by atoms with Crippen LogP contribution in [0.5, 0.6) is 0 Å². The van der Waals surface area contributed by atoms with E-state index >= 15 is 0 Å². The van der Waals surface area contributed by atoms with Gasteiger partial charge in [0.15, 0.2) is 0 Å². The number of anilines is 1. The van der Waals surface area contributed by atoms with Crippen molar-refractivity contribution in [3.63, 3.8) is 0 Å². The molecule has 0 saturated carbocycles. The minimum absolute atomic E-state index is 0.220. The van der Waals surface area contributed by atoms with Gasteiger partial charge in [0.25, 0.3) is 0 Å². The van der Waals surface area contributed by atoms with Gasteiger partial charge in [0.1, 0.15) is 12.3 Å². The van der Waals surface area contributed by atoms with E-state index < -0.39 is 18.2 Å². The summed E-state index contributed by atoms with van der Waals surface area (Å²) < 4.78 is 20.1. The lowest BCUT2D eigenvalue weighted by molar-refractivity contribution is -0.122. The highest BCUT2D eigenvalue weighted by Crippen LogP contribution is 2.50. The number of nitrogens with one attached hydrogen (secondary N) is 1. The number of carbonyl (C=O) groups excluding carboxylic acids is 1. The fraction of sp³-hybridized carbons (Fsp3) is 0.368. The van der Waals surface area contributed by atoms with E-state index in [1.807, 2.05) is 19.1 Å². The SMILES string of the molecule is Cc1ccc(C2C3CC(F)C(O3)C2C(=O)Nc2ccc(Cl)c(Cl)c2)cn1. The number of nitrogens with zero attached hydrogens (tertiary/aromatic N) is 1. The highest BCUT2D eigenvalue weighted by Gasteiger charge is 2.57. The number of carbonyl (C=O) groups is 1. The van der Waals surface area contributed by atoms with Crippen molar-refractivity contribution in [3.8, 4) is 0 Å². The molecule has 5 atom stereocenters. The molecule has 2 saturated heterocycles. The Morgan fingerprint density at radius 3 is 2.77 bits per heavy atom. The van der Waals surface area contributed by atoms with E-state index in [4.69, 9.17) is 27.9 Å². The second kappa shape index (κ2) is 6.80. The zero-order valence-electron chi connectivity index (χ0n) is 14.0. The van der Waals surface area contributed by atoms with Gasteiger partial charge in [0.2, 0.25) is 5.91 Å². The molecule has 2 bridgehead atoms. The number of amides is 1. The van der Waals surface area contributed by atoms with E-state index in [0.29, 0.717) is 22.2 Å². The maximum atomic E-state index is 14.3. The number of aromatic nitrogens is 1. The highest BCUT2D eigenvalue weighted by atomic mass is 35.5. The molecule has 1 amide bonds. The van der Waals surface area contributed by atoms with Crippen LogP contribution in [0.15, 0.2) is 36.5 Å². The van der Waals surface area contributed by atoms with Gasteiger partial charge in [-0.1, -0.05) is 29.3 Å². The summed E-state index contributed by atoms with van der Waals surface area (Å²) in [6.07, 6.45) is -0.145. The smallest absolute Gasteiger partial charge is 0.230 e. The molecule has 3 heterocycles. The minimum Gasteiger partial charge on any atom is -0.370 e. The number of fused-ring (bicyclic) bond motifs is 2. The molecular formula is C19H17Cl2FN2O2. The zero-order chi connectivity index (χ0) is 18.4. The van der Waals surface area contributed by atoms with E-state index in [1.54, 1.807) is 24.4 Å². The first-order valence-electron chi connectivity index (χ1n) is 8.42. The Labute approximate surface area is 160 Å². The number of pyridine rings is 1. The molecular weight excluding hydrogens is 378 g/mol. The minimum atomic E-state index is -1.14. The van der Waals surface area contributed by atoms with Crippen LogP contribution in [0.25, 0.3) is 0 Å². The normalized spacial score (nSPS) is 29.8. The summed E-state index contributed by atoms with van der Waals surface area (Å²) >= 11 is 11.9. The molecule has 1 N–H and O–H groups in total. The molecule has 2 fully saturated rings. The molecule has 2 aliphatic rings. The van der Waals surface area contributed by atoms with Crippen molar-refractivity contribution in [2.24, 2.45) is 5.92 Å². The van der Waals surface area contributed by atoms with Crippen LogP contribution in [0.3, 0.4) is 0 Å². The average molecular weight is 395 g/mol. The molecule has 0 spiro atoms. The Hall–Kier alpha value is -1.69. The number of ether oxygens (including phenoxy) is 1. The average Bonchev–Trinajstić information content (AvgIpc) is 3.16. The first kappa shape index (κ1) is 17.7. The van der Waals surface area contributed by atoms with Crippen molar-refractivity contribution in [2.45, 2.75) is 37.6 Å². The first-order chi connectivity index (χ1) is 12.4. The fourth-order valence-corrected chi connectivity index (χ4v) is 4.18. The standard InChI is InChI=1S/C19H17Cl2FN2O2/c1-9-2-3-10(8-23-9)16-15-7-14(22)18(26-15)17(16)19(25)24-11-4-5-12(20)13(21)6-11/h2-6,8,14-18H,7H2,1H3,(H,24,25). The number of benzene rings is 1. The fourth-order valence-electron chi connectivity index (χ4n) is 3.89. The Morgan fingerprint density at radius 1 is 1.27 bits per heavy atom. The van der Waals surface area contributed by atoms with Crippen LogP contribution in [0.4, 0.5) is 10.1 Å². The highest BCUT2D eigenvalue weighted by molar-refractivity contribution is 6.42. The van der Waals surface area contributed by atoms with Crippen molar-refractivity contribution >= 4 is 34.8 Å². The lowest BCUT2D eigenvalue weighted by atomic mass is 9.74. The van der Waals surface area contributed by atoms with Crippen LogP contribution in [-0.4, -0.2) is 29.3 Å². The second-order valence-electron chi connectivity index (χ2n) is 6.79. The maximum absolute atomic E-state index is 14.3. The number of rotatable bonds is 3. The Kier molecular flexibility index (Phi) is 4.63. The summed E-state index contributed by atoms with van der Waals surface area (Å²) in [5.41, 5.74) is 2.30. The summed E-state index contributed by atoms with van der Waals surface area (Å²) in [6.45, 7) is 1.90. The quantitative estimate of drug-likeness (QED) is 0.830. The van der Waals surface area contributed by atoms with E-state index in [1.165, 1.54) is 0 Å². The van der Waals surface area contributed by atoms with Gasteiger partial charge in [-0.15, -0.1) is 0 Å². The summed E-state index contributed by atoms with van der Waals surface area (Å²) in [5, 5.41) is 3.57. The Bertz CT molecular complexity index is 846. The molecule has 0 radical (unpaired) electrons. The van der Waals surface area contributed by atoms with E-state index in [9.17, 15) is 9.18 Å². The topological polar surface area (TPSA) is 51.2 Å². The first-order valence-corrected chi connectivity index (χ1v) is 9.17. The monoisotopic (exact) mass is 394 g/mol. The van der Waals surface area contributed by atoms with Crippen molar-refractivity contribution in [1.29, 1.82) is 0 Å². The molecule has 7 heteroatoms. The molecule has 1 aromatic carbocycles. The molecule has 5 unspecified atom stereocenters. The molecule has 4 rings (SSSR count). The third kappa shape index (κ3) is 3.08. The largest absolute Gasteiger partial charge is 0.370 e. The van der Waals surface area contributed by atoms with Gasteiger partial charge >= 0.3 is 0 Å². The molecule has 26 heavy (non-hydrogen) atoms. The number of aryl methyl sites for hydroxylation is 1. The molecule has 2 aliphatic heterocycles. The van der Waals surface area contributed by atoms with Gasteiger partial charge in [-0.3, -0.25) is 9.78 Å². The molecule has 4 nitrogen and oxygen atoms in total. The van der Waals surface area contributed by atoms with Crippen LogP contribution in [0.1, 0.15) is 23.6 Å². The zero-order valence-corrected chi connectivity index (χ0v) is 15.5. The van der Waals surface area contributed by atoms with E-state index in [0.717, 1.165) is 11.3 Å². The van der Waals surface area contributed by atoms with E-state index in [-0.39, 0.29) is 17.9 Å². The van der Waals surface area contributed by atoms with E-state index in [2.05, 4.69) is 10.3 Å². The van der Waals surface area contributed by atoms with Gasteiger partial charge in [-0.2, -0.15) is 0 Å². The number of halogens is 3. The van der Waals surface area contributed by atoms with Gasteiger partial charge in [0.05, 0.1) is 22.1 Å². The van der Waals surface area contributed by atoms with Crippen LogP contribution < -0.4 is 5.32 Å². The van der Waals surface area contributed by atoms with Crippen LogP contribution in [0.2, 0.25) is 10.0 Å². The predicted octanol–water partition coefficient (Wildman–Crippen LogP) is 4.54. The van der Waals surface area contributed by atoms with Gasteiger partial charge in [-0.05, 0) is 36.8 Å².